The smallest absolute Gasteiger partial charge is 0.307 e. The Morgan fingerprint density at radius 2 is 1.94 bits per heavy atom. The second-order valence-electron chi connectivity index (χ2n) is 3.59. The first-order chi connectivity index (χ1) is 8.19. The summed E-state index contributed by atoms with van der Waals surface area (Å²) in [6.07, 6.45) is 0.165. The molecule has 0 heterocycles. The Kier molecular flexibility index (Phi) is 8.16. The standard InChI is InChI=1S/C13H19NO3.ClH/c1-3-16-12-8-6-5-7-10(12)11(14)9-13(15)17-4-2;/h5-8,11H,3-4,9,14H2,1-2H3;1H/t11-;/m0./s1. The van der Waals surface area contributed by atoms with Gasteiger partial charge in [0.2, 0.25) is 0 Å². The number of rotatable bonds is 6. The number of carbonyl (C=O) groups is 1. The van der Waals surface area contributed by atoms with Crippen molar-refractivity contribution in [2.24, 2.45) is 5.73 Å². The van der Waals surface area contributed by atoms with E-state index >= 15 is 0 Å². The van der Waals surface area contributed by atoms with Crippen LogP contribution in [-0.4, -0.2) is 19.2 Å². The fourth-order valence-electron chi connectivity index (χ4n) is 1.58. The van der Waals surface area contributed by atoms with Crippen molar-refractivity contribution in [1.29, 1.82) is 0 Å². The first kappa shape index (κ1) is 16.7. The zero-order chi connectivity index (χ0) is 12.7. The summed E-state index contributed by atoms with van der Waals surface area (Å²) in [5.74, 6) is 0.443. The van der Waals surface area contributed by atoms with Gasteiger partial charge in [0.25, 0.3) is 0 Å². The third kappa shape index (κ3) is 4.94. The van der Waals surface area contributed by atoms with Gasteiger partial charge >= 0.3 is 5.97 Å². The summed E-state index contributed by atoms with van der Waals surface area (Å²) in [7, 11) is 0. The molecule has 0 aliphatic carbocycles. The van der Waals surface area contributed by atoms with E-state index in [1.54, 1.807) is 6.92 Å². The Labute approximate surface area is 114 Å². The third-order valence-electron chi connectivity index (χ3n) is 2.31. The molecule has 1 aromatic rings. The number of carbonyl (C=O) groups excluding carboxylic acids is 1. The van der Waals surface area contributed by atoms with E-state index < -0.39 is 6.04 Å². The number of hydrogen-bond donors (Lipinski definition) is 1. The highest BCUT2D eigenvalue weighted by Gasteiger charge is 2.16. The molecule has 0 aromatic heterocycles. The minimum Gasteiger partial charge on any atom is -0.494 e. The van der Waals surface area contributed by atoms with E-state index in [-0.39, 0.29) is 24.8 Å². The van der Waals surface area contributed by atoms with Crippen LogP contribution in [0.2, 0.25) is 0 Å². The van der Waals surface area contributed by atoms with Crippen LogP contribution in [0.25, 0.3) is 0 Å². The lowest BCUT2D eigenvalue weighted by molar-refractivity contribution is -0.143. The van der Waals surface area contributed by atoms with E-state index in [0.29, 0.717) is 13.2 Å². The minimum absolute atomic E-state index is 0. The lowest BCUT2D eigenvalue weighted by Crippen LogP contribution is -2.18. The van der Waals surface area contributed by atoms with Crippen LogP contribution in [0.3, 0.4) is 0 Å². The number of esters is 1. The first-order valence-electron chi connectivity index (χ1n) is 5.82. The van der Waals surface area contributed by atoms with Crippen LogP contribution in [0, 0.1) is 0 Å². The number of halogens is 1. The molecule has 0 bridgehead atoms. The van der Waals surface area contributed by atoms with Crippen molar-refractivity contribution in [2.45, 2.75) is 26.3 Å². The lowest BCUT2D eigenvalue weighted by atomic mass is 10.0. The monoisotopic (exact) mass is 273 g/mol. The van der Waals surface area contributed by atoms with Crippen LogP contribution in [0.15, 0.2) is 24.3 Å². The normalized spacial score (nSPS) is 11.3. The largest absolute Gasteiger partial charge is 0.494 e. The van der Waals surface area contributed by atoms with Gasteiger partial charge in [-0.1, -0.05) is 18.2 Å². The zero-order valence-corrected chi connectivity index (χ0v) is 11.5. The molecule has 2 N–H and O–H groups in total. The topological polar surface area (TPSA) is 61.5 Å². The van der Waals surface area contributed by atoms with Gasteiger partial charge in [-0.15, -0.1) is 12.4 Å². The third-order valence-corrected chi connectivity index (χ3v) is 2.31. The second kappa shape index (κ2) is 8.78. The van der Waals surface area contributed by atoms with Gasteiger partial charge in [0.1, 0.15) is 5.75 Å². The maximum Gasteiger partial charge on any atom is 0.307 e. The molecule has 1 rings (SSSR count). The van der Waals surface area contributed by atoms with Crippen LogP contribution in [0.1, 0.15) is 31.9 Å². The van der Waals surface area contributed by atoms with Gasteiger partial charge in [0, 0.05) is 11.6 Å². The lowest BCUT2D eigenvalue weighted by Gasteiger charge is -2.15. The predicted octanol–water partition coefficient (Wildman–Crippen LogP) is 2.46. The molecule has 0 amide bonds. The van der Waals surface area contributed by atoms with E-state index in [1.807, 2.05) is 31.2 Å². The summed E-state index contributed by atoms with van der Waals surface area (Å²) in [6.45, 7) is 4.63. The van der Waals surface area contributed by atoms with E-state index in [1.165, 1.54) is 0 Å². The summed E-state index contributed by atoms with van der Waals surface area (Å²) in [4.78, 5) is 11.4. The summed E-state index contributed by atoms with van der Waals surface area (Å²) in [5.41, 5.74) is 6.81. The summed E-state index contributed by atoms with van der Waals surface area (Å²) < 4.78 is 10.3. The Hall–Kier alpha value is -1.26. The predicted molar refractivity (Wildman–Crippen MR) is 73.0 cm³/mol. The Balaban J connectivity index is 0.00000289. The maximum atomic E-state index is 11.4. The maximum absolute atomic E-state index is 11.4. The average Bonchev–Trinajstić information content (AvgIpc) is 2.30. The van der Waals surface area contributed by atoms with Crippen molar-refractivity contribution >= 4 is 18.4 Å². The summed E-state index contributed by atoms with van der Waals surface area (Å²) >= 11 is 0. The highest BCUT2D eigenvalue weighted by atomic mass is 35.5. The number of para-hydroxylation sites is 1. The molecule has 0 fully saturated rings. The molecule has 0 saturated heterocycles. The Morgan fingerprint density at radius 3 is 2.56 bits per heavy atom. The molecule has 0 unspecified atom stereocenters. The minimum atomic E-state index is -0.392. The summed E-state index contributed by atoms with van der Waals surface area (Å²) in [5, 5.41) is 0. The molecule has 0 aliphatic heterocycles. The number of nitrogens with two attached hydrogens (primary N) is 1. The highest BCUT2D eigenvalue weighted by molar-refractivity contribution is 5.85. The molecular weight excluding hydrogens is 254 g/mol. The molecular formula is C13H20ClNO3. The van der Waals surface area contributed by atoms with E-state index in [4.69, 9.17) is 15.2 Å². The van der Waals surface area contributed by atoms with Gasteiger partial charge in [0.05, 0.1) is 19.6 Å². The molecule has 0 radical (unpaired) electrons. The molecule has 1 atom stereocenters. The van der Waals surface area contributed by atoms with Gasteiger partial charge in [-0.3, -0.25) is 4.79 Å². The van der Waals surface area contributed by atoms with Crippen LogP contribution in [-0.2, 0) is 9.53 Å². The fourth-order valence-corrected chi connectivity index (χ4v) is 1.58. The van der Waals surface area contributed by atoms with Gasteiger partial charge in [-0.25, -0.2) is 0 Å². The first-order valence-corrected chi connectivity index (χ1v) is 5.82. The quantitative estimate of drug-likeness (QED) is 0.809. The molecule has 0 aliphatic rings. The molecule has 0 spiro atoms. The van der Waals surface area contributed by atoms with Crippen LogP contribution < -0.4 is 10.5 Å². The van der Waals surface area contributed by atoms with Crippen molar-refractivity contribution in [3.63, 3.8) is 0 Å². The van der Waals surface area contributed by atoms with Crippen molar-refractivity contribution in [3.05, 3.63) is 29.8 Å². The Morgan fingerprint density at radius 1 is 1.28 bits per heavy atom. The molecule has 0 saturated carbocycles. The molecule has 4 nitrogen and oxygen atoms in total. The SMILES string of the molecule is CCOC(=O)C[C@H](N)c1ccccc1OCC.Cl. The van der Waals surface area contributed by atoms with Crippen molar-refractivity contribution < 1.29 is 14.3 Å². The average molecular weight is 274 g/mol. The van der Waals surface area contributed by atoms with E-state index in [0.717, 1.165) is 11.3 Å². The molecule has 102 valence electrons. The second-order valence-corrected chi connectivity index (χ2v) is 3.59. The zero-order valence-electron chi connectivity index (χ0n) is 10.7. The number of benzene rings is 1. The van der Waals surface area contributed by atoms with Crippen LogP contribution >= 0.6 is 12.4 Å². The van der Waals surface area contributed by atoms with E-state index in [9.17, 15) is 4.79 Å². The van der Waals surface area contributed by atoms with Crippen molar-refractivity contribution in [2.75, 3.05) is 13.2 Å². The highest BCUT2D eigenvalue weighted by Crippen LogP contribution is 2.25. The van der Waals surface area contributed by atoms with Crippen LogP contribution in [0.4, 0.5) is 0 Å². The van der Waals surface area contributed by atoms with Gasteiger partial charge in [-0.2, -0.15) is 0 Å². The Bertz CT molecular complexity index is 371. The van der Waals surface area contributed by atoms with Crippen LogP contribution in [0.5, 0.6) is 5.75 Å². The fraction of sp³-hybridized carbons (Fsp3) is 0.462. The number of hydrogen-bond acceptors (Lipinski definition) is 4. The van der Waals surface area contributed by atoms with Crippen molar-refractivity contribution in [3.8, 4) is 5.75 Å². The van der Waals surface area contributed by atoms with Gasteiger partial charge in [0.15, 0.2) is 0 Å². The van der Waals surface area contributed by atoms with Crippen molar-refractivity contribution in [1.82, 2.24) is 0 Å². The summed E-state index contributed by atoms with van der Waals surface area (Å²) in [6, 6.07) is 7.09. The molecule has 5 heteroatoms. The van der Waals surface area contributed by atoms with Gasteiger partial charge in [-0.05, 0) is 19.9 Å². The molecule has 1 aromatic carbocycles. The van der Waals surface area contributed by atoms with E-state index in [2.05, 4.69) is 0 Å². The number of ether oxygens (including phenoxy) is 2. The molecule has 18 heavy (non-hydrogen) atoms. The van der Waals surface area contributed by atoms with Gasteiger partial charge < -0.3 is 15.2 Å².